The minimum atomic E-state index is -1.11. The van der Waals surface area contributed by atoms with Crippen LogP contribution in [-0.4, -0.2) is 28.1 Å². The van der Waals surface area contributed by atoms with Crippen LogP contribution < -0.4 is 5.32 Å². The van der Waals surface area contributed by atoms with E-state index in [2.05, 4.69) is 10.3 Å². The summed E-state index contributed by atoms with van der Waals surface area (Å²) in [6, 6.07) is 0. The zero-order valence-corrected chi connectivity index (χ0v) is 10.9. The first-order valence-corrected chi connectivity index (χ1v) is 6.82. The van der Waals surface area contributed by atoms with Crippen molar-refractivity contribution < 1.29 is 9.90 Å². The average molecular weight is 265 g/mol. The van der Waals surface area contributed by atoms with Gasteiger partial charge in [0.1, 0.15) is 16.4 Å². The molecule has 18 heavy (non-hydrogen) atoms. The van der Waals surface area contributed by atoms with E-state index in [1.807, 2.05) is 13.0 Å². The van der Waals surface area contributed by atoms with Crippen molar-refractivity contribution in [2.45, 2.75) is 19.8 Å². The predicted octanol–water partition coefficient (Wildman–Crippen LogP) is 1.98. The molecule has 5 nitrogen and oxygen atoms in total. The Hall–Kier alpha value is -1.56. The lowest BCUT2D eigenvalue weighted by Gasteiger charge is -2.16. The molecular formula is C12H15N3O2S. The van der Waals surface area contributed by atoms with E-state index in [1.54, 1.807) is 6.21 Å². The third kappa shape index (κ3) is 2.81. The molecule has 0 amide bonds. The second-order valence-corrected chi connectivity index (χ2v) is 5.36. The zero-order valence-electron chi connectivity index (χ0n) is 10.1. The Kier molecular flexibility index (Phi) is 3.86. The Labute approximate surface area is 110 Å². The van der Waals surface area contributed by atoms with E-state index in [-0.39, 0.29) is 16.4 Å². The Morgan fingerprint density at radius 2 is 2.39 bits per heavy atom. The largest absolute Gasteiger partial charge is 0.477 e. The summed E-state index contributed by atoms with van der Waals surface area (Å²) < 4.78 is 0. The number of thioether (sulfide) groups is 1. The predicted molar refractivity (Wildman–Crippen MR) is 73.0 cm³/mol. The van der Waals surface area contributed by atoms with Crippen molar-refractivity contribution in [2.75, 3.05) is 5.75 Å². The third-order valence-corrected chi connectivity index (χ3v) is 3.49. The molecule has 2 rings (SSSR count). The number of carbonyl (C=O) groups is 1. The fourth-order valence-corrected chi connectivity index (χ4v) is 2.30. The number of aliphatic carboxylic acids is 1. The van der Waals surface area contributed by atoms with Crippen molar-refractivity contribution in [2.24, 2.45) is 10.9 Å². The lowest BCUT2D eigenvalue weighted by atomic mass is 10.2. The maximum atomic E-state index is 11.3. The highest BCUT2D eigenvalue weighted by atomic mass is 32.2. The summed E-state index contributed by atoms with van der Waals surface area (Å²) in [4.78, 5) is 15.3. The van der Waals surface area contributed by atoms with E-state index in [4.69, 9.17) is 5.41 Å². The molecule has 1 saturated carbocycles. The van der Waals surface area contributed by atoms with Crippen LogP contribution in [0.3, 0.4) is 0 Å². The molecule has 0 aromatic carbocycles. The summed E-state index contributed by atoms with van der Waals surface area (Å²) in [5.74, 6) is 0.322. The van der Waals surface area contributed by atoms with Crippen molar-refractivity contribution in [3.8, 4) is 0 Å². The number of hydrogen-bond donors (Lipinski definition) is 3. The molecule has 0 aromatic rings. The van der Waals surface area contributed by atoms with Crippen LogP contribution in [0.5, 0.6) is 0 Å². The standard InChI is InChI=1S/C12H15N3O2S/c1-2-18-10(13)9(12(16)17)11-14-6-5-8(15-11)7-3-4-7/h5-7,13,15H,2-4H2,1H3,(H,16,17)/b11-9+,13-10?. The van der Waals surface area contributed by atoms with Gasteiger partial charge in [-0.1, -0.05) is 6.92 Å². The molecule has 1 fully saturated rings. The van der Waals surface area contributed by atoms with Gasteiger partial charge in [0, 0.05) is 11.9 Å². The Morgan fingerprint density at radius 3 is 2.94 bits per heavy atom. The van der Waals surface area contributed by atoms with Crippen LogP contribution in [0.15, 0.2) is 28.2 Å². The highest BCUT2D eigenvalue weighted by Gasteiger charge is 2.29. The topological polar surface area (TPSA) is 85.5 Å². The van der Waals surface area contributed by atoms with E-state index in [0.29, 0.717) is 11.7 Å². The molecule has 0 bridgehead atoms. The van der Waals surface area contributed by atoms with E-state index in [0.717, 1.165) is 18.5 Å². The number of nitrogens with one attached hydrogen (secondary N) is 2. The molecule has 2 aliphatic rings. The van der Waals surface area contributed by atoms with Gasteiger partial charge in [-0.05, 0) is 30.6 Å². The maximum absolute atomic E-state index is 11.3. The molecule has 96 valence electrons. The number of carboxylic acid groups (broad SMARTS) is 1. The van der Waals surface area contributed by atoms with E-state index < -0.39 is 5.97 Å². The van der Waals surface area contributed by atoms with Crippen LogP contribution >= 0.6 is 11.8 Å². The first kappa shape index (κ1) is 12.9. The van der Waals surface area contributed by atoms with Gasteiger partial charge in [-0.25, -0.2) is 9.79 Å². The van der Waals surface area contributed by atoms with Gasteiger partial charge in [0.2, 0.25) is 0 Å². The Morgan fingerprint density at radius 1 is 1.67 bits per heavy atom. The number of nitrogens with zero attached hydrogens (tertiary/aromatic N) is 1. The van der Waals surface area contributed by atoms with Crippen molar-refractivity contribution in [3.63, 3.8) is 0 Å². The molecule has 0 atom stereocenters. The molecule has 0 unspecified atom stereocenters. The lowest BCUT2D eigenvalue weighted by Crippen LogP contribution is -2.23. The van der Waals surface area contributed by atoms with Crippen molar-refractivity contribution in [3.05, 3.63) is 23.2 Å². The quantitative estimate of drug-likeness (QED) is 0.412. The van der Waals surface area contributed by atoms with Gasteiger partial charge in [-0.2, -0.15) is 0 Å². The van der Waals surface area contributed by atoms with Gasteiger partial charge in [-0.3, -0.25) is 5.41 Å². The van der Waals surface area contributed by atoms with Crippen LogP contribution in [0, 0.1) is 11.3 Å². The highest BCUT2D eigenvalue weighted by Crippen LogP contribution is 2.36. The first-order chi connectivity index (χ1) is 8.63. The number of hydrogen-bond acceptors (Lipinski definition) is 5. The van der Waals surface area contributed by atoms with Crippen molar-refractivity contribution >= 4 is 29.0 Å². The van der Waals surface area contributed by atoms with Crippen LogP contribution in [0.25, 0.3) is 0 Å². The molecule has 0 saturated heterocycles. The Bertz CT molecular complexity index is 476. The smallest absolute Gasteiger partial charge is 0.342 e. The number of aliphatic imine (C=N–C) groups is 1. The first-order valence-electron chi connectivity index (χ1n) is 5.84. The van der Waals surface area contributed by atoms with E-state index in [1.165, 1.54) is 11.8 Å². The van der Waals surface area contributed by atoms with E-state index in [9.17, 15) is 9.90 Å². The number of allylic oxidation sites excluding steroid dienone is 2. The summed E-state index contributed by atoms with van der Waals surface area (Å²) in [6.07, 6.45) is 5.73. The molecule has 3 N–H and O–H groups in total. The normalized spacial score (nSPS) is 21.1. The monoisotopic (exact) mass is 265 g/mol. The van der Waals surface area contributed by atoms with Gasteiger partial charge in [-0.15, -0.1) is 11.8 Å². The lowest BCUT2D eigenvalue weighted by molar-refractivity contribution is -0.132. The summed E-state index contributed by atoms with van der Waals surface area (Å²) in [5, 5.41) is 20.1. The molecule has 6 heteroatoms. The van der Waals surface area contributed by atoms with Gasteiger partial charge in [0.05, 0.1) is 0 Å². The van der Waals surface area contributed by atoms with E-state index >= 15 is 0 Å². The van der Waals surface area contributed by atoms with Gasteiger partial charge < -0.3 is 10.4 Å². The SMILES string of the molecule is CCSC(=N)/C(C(=O)O)=C1/N=CC=C(C2CC2)N1. The maximum Gasteiger partial charge on any atom is 0.342 e. The molecule has 0 aromatic heterocycles. The van der Waals surface area contributed by atoms with Crippen LogP contribution in [0.1, 0.15) is 19.8 Å². The number of carboxylic acids is 1. The van der Waals surface area contributed by atoms with Crippen LogP contribution in [-0.2, 0) is 4.79 Å². The number of rotatable bonds is 4. The fraction of sp³-hybridized carbons (Fsp3) is 0.417. The summed E-state index contributed by atoms with van der Waals surface area (Å²) >= 11 is 1.20. The van der Waals surface area contributed by atoms with Gasteiger partial charge >= 0.3 is 5.97 Å². The zero-order chi connectivity index (χ0) is 13.1. The second kappa shape index (κ2) is 5.39. The summed E-state index contributed by atoms with van der Waals surface area (Å²) in [7, 11) is 0. The molecule has 1 aliphatic heterocycles. The van der Waals surface area contributed by atoms with Crippen molar-refractivity contribution in [1.29, 1.82) is 5.41 Å². The van der Waals surface area contributed by atoms with Crippen LogP contribution in [0.2, 0.25) is 0 Å². The minimum absolute atomic E-state index is 0.0432. The van der Waals surface area contributed by atoms with Gasteiger partial charge in [0.25, 0.3) is 0 Å². The third-order valence-electron chi connectivity index (χ3n) is 2.70. The van der Waals surface area contributed by atoms with Crippen LogP contribution in [0.4, 0.5) is 0 Å². The summed E-state index contributed by atoms with van der Waals surface area (Å²) in [6.45, 7) is 1.89. The summed E-state index contributed by atoms with van der Waals surface area (Å²) in [5.41, 5.74) is 0.956. The molecule has 0 spiro atoms. The Balaban J connectivity index is 2.26. The average Bonchev–Trinajstić information content (AvgIpc) is 3.13. The fourth-order valence-electron chi connectivity index (χ4n) is 1.68. The minimum Gasteiger partial charge on any atom is -0.477 e. The second-order valence-electron chi connectivity index (χ2n) is 4.09. The van der Waals surface area contributed by atoms with Crippen molar-refractivity contribution in [1.82, 2.24) is 5.32 Å². The van der Waals surface area contributed by atoms with Gasteiger partial charge in [0.15, 0.2) is 0 Å². The molecule has 0 radical (unpaired) electrons. The molecule has 1 aliphatic carbocycles. The highest BCUT2D eigenvalue weighted by molar-refractivity contribution is 8.14. The molecule has 1 heterocycles. The molecular weight excluding hydrogens is 250 g/mol.